The first kappa shape index (κ1) is 17.0. The van der Waals surface area contributed by atoms with Crippen molar-refractivity contribution in [2.24, 2.45) is 0 Å². The molecule has 0 saturated heterocycles. The molecule has 4 rings (SSSR count). The molecular weight excluding hydrogens is 367 g/mol. The van der Waals surface area contributed by atoms with Crippen molar-refractivity contribution < 1.29 is 9.18 Å². The summed E-state index contributed by atoms with van der Waals surface area (Å²) in [5, 5.41) is 2.36. The zero-order valence-electron chi connectivity index (χ0n) is 14.2. The number of carbonyl (C=O) groups excluding carboxylic acids is 1. The Hall–Kier alpha value is -2.44. The van der Waals surface area contributed by atoms with Gasteiger partial charge in [-0.05, 0) is 46.4 Å². The molecule has 0 aliphatic rings. The summed E-state index contributed by atoms with van der Waals surface area (Å²) in [4.78, 5) is 14.7. The van der Waals surface area contributed by atoms with Crippen LogP contribution in [0.2, 0.25) is 0 Å². The second kappa shape index (κ2) is 6.70. The number of aromatic nitrogens is 1. The lowest BCUT2D eigenvalue weighted by Gasteiger charge is -2.15. The minimum absolute atomic E-state index is 0.0541. The Labute approximate surface area is 158 Å². The van der Waals surface area contributed by atoms with E-state index in [2.05, 4.69) is 4.37 Å². The van der Waals surface area contributed by atoms with Crippen molar-refractivity contribution in [1.82, 2.24) is 9.27 Å². The molecule has 4 aromatic rings. The van der Waals surface area contributed by atoms with E-state index in [1.165, 1.54) is 29.4 Å². The van der Waals surface area contributed by atoms with Crippen molar-refractivity contribution in [3.05, 3.63) is 60.5 Å². The lowest BCUT2D eigenvalue weighted by atomic mass is 9.97. The van der Waals surface area contributed by atoms with E-state index in [0.717, 1.165) is 31.5 Å². The molecule has 3 aromatic carbocycles. The molecule has 1 heterocycles. The van der Waals surface area contributed by atoms with Gasteiger partial charge in [0.05, 0.1) is 4.70 Å². The van der Waals surface area contributed by atoms with Crippen LogP contribution >= 0.6 is 23.3 Å². The zero-order valence-corrected chi connectivity index (χ0v) is 15.8. The number of nitrogens with zero attached hydrogens (tertiary/aromatic N) is 2. The lowest BCUT2D eigenvalue weighted by Crippen LogP contribution is -2.16. The number of rotatable bonds is 2. The Kier molecular flexibility index (Phi) is 4.38. The molecule has 0 unspecified atom stereocenters. The van der Waals surface area contributed by atoms with Crippen molar-refractivity contribution in [2.75, 3.05) is 14.1 Å². The quantitative estimate of drug-likeness (QED) is 0.397. The molecule has 0 spiro atoms. The molecule has 1 amide bonds. The van der Waals surface area contributed by atoms with E-state index in [1.54, 1.807) is 31.1 Å². The molecule has 130 valence electrons. The first-order valence-corrected chi connectivity index (χ1v) is 9.59. The summed E-state index contributed by atoms with van der Waals surface area (Å²) in [7, 11) is 3.46. The lowest BCUT2D eigenvalue weighted by molar-refractivity contribution is 0.241. The number of hydrogen-bond donors (Lipinski definition) is 0. The maximum absolute atomic E-state index is 14.3. The molecule has 0 aliphatic heterocycles. The van der Waals surface area contributed by atoms with E-state index < -0.39 is 0 Å². The first-order chi connectivity index (χ1) is 12.6. The summed E-state index contributed by atoms with van der Waals surface area (Å²) in [5.41, 5.74) is 1.84. The molecule has 0 radical (unpaired) electrons. The Morgan fingerprint density at radius 1 is 1.08 bits per heavy atom. The molecule has 0 bridgehead atoms. The fourth-order valence-corrected chi connectivity index (χ4v) is 4.62. The molecule has 1 aromatic heterocycles. The summed E-state index contributed by atoms with van der Waals surface area (Å²) >= 11 is 2.57. The summed E-state index contributed by atoms with van der Waals surface area (Å²) in [5.74, 6) is -0.251. The van der Waals surface area contributed by atoms with E-state index >= 15 is 0 Å². The summed E-state index contributed by atoms with van der Waals surface area (Å²) in [6, 6.07) is 14.6. The molecule has 26 heavy (non-hydrogen) atoms. The third kappa shape index (κ3) is 2.85. The van der Waals surface area contributed by atoms with Crippen molar-refractivity contribution in [3.8, 4) is 11.1 Å². The topological polar surface area (TPSA) is 33.2 Å². The number of fused-ring (bicyclic) bond motifs is 2. The van der Waals surface area contributed by atoms with Gasteiger partial charge in [-0.15, -0.1) is 0 Å². The highest BCUT2D eigenvalue weighted by molar-refractivity contribution is 8.13. The van der Waals surface area contributed by atoms with Gasteiger partial charge in [-0.2, -0.15) is 4.37 Å². The molecule has 6 heteroatoms. The van der Waals surface area contributed by atoms with Gasteiger partial charge in [-0.3, -0.25) is 4.79 Å². The molecule has 0 fully saturated rings. The van der Waals surface area contributed by atoms with Crippen LogP contribution in [0.5, 0.6) is 0 Å². The van der Waals surface area contributed by atoms with Crippen LogP contribution in [-0.2, 0) is 0 Å². The van der Waals surface area contributed by atoms with E-state index in [1.807, 2.05) is 36.5 Å². The van der Waals surface area contributed by atoms with Crippen LogP contribution in [-0.4, -0.2) is 28.6 Å². The van der Waals surface area contributed by atoms with Crippen LogP contribution in [0.3, 0.4) is 0 Å². The SMILES string of the molecule is CN(C)C(=O)Sc1ccc2cnsc2c1-c1ccc(F)c2ccccc12. The van der Waals surface area contributed by atoms with Gasteiger partial charge in [0.15, 0.2) is 0 Å². The largest absolute Gasteiger partial charge is 0.339 e. The second-order valence-electron chi connectivity index (χ2n) is 6.09. The van der Waals surface area contributed by atoms with Crippen LogP contribution in [0.1, 0.15) is 0 Å². The normalized spacial score (nSPS) is 11.2. The highest BCUT2D eigenvalue weighted by Crippen LogP contribution is 2.42. The van der Waals surface area contributed by atoms with Gasteiger partial charge >= 0.3 is 0 Å². The number of thioether (sulfide) groups is 1. The fourth-order valence-electron chi connectivity index (χ4n) is 2.92. The highest BCUT2D eigenvalue weighted by Gasteiger charge is 2.18. The molecule has 0 saturated carbocycles. The molecule has 0 N–H and O–H groups in total. The zero-order chi connectivity index (χ0) is 18.3. The number of carbonyl (C=O) groups is 1. The number of halogens is 1. The van der Waals surface area contributed by atoms with Gasteiger partial charge in [0, 0.05) is 41.5 Å². The van der Waals surface area contributed by atoms with Gasteiger partial charge < -0.3 is 4.90 Å². The van der Waals surface area contributed by atoms with Crippen LogP contribution < -0.4 is 0 Å². The summed E-state index contributed by atoms with van der Waals surface area (Å²) < 4.78 is 19.6. The Bertz CT molecular complexity index is 1140. The van der Waals surface area contributed by atoms with Gasteiger partial charge in [0.1, 0.15) is 5.82 Å². The average molecular weight is 382 g/mol. The maximum Gasteiger partial charge on any atom is 0.285 e. The first-order valence-electron chi connectivity index (χ1n) is 8.00. The highest BCUT2D eigenvalue weighted by atomic mass is 32.2. The smallest absolute Gasteiger partial charge is 0.285 e. The predicted molar refractivity (Wildman–Crippen MR) is 107 cm³/mol. The monoisotopic (exact) mass is 382 g/mol. The number of hydrogen-bond acceptors (Lipinski definition) is 4. The average Bonchev–Trinajstić information content (AvgIpc) is 3.11. The second-order valence-corrected chi connectivity index (χ2v) is 7.88. The van der Waals surface area contributed by atoms with Gasteiger partial charge in [0.2, 0.25) is 0 Å². The summed E-state index contributed by atoms with van der Waals surface area (Å²) in [6.07, 6.45) is 1.82. The molecule has 3 nitrogen and oxygen atoms in total. The van der Waals surface area contributed by atoms with E-state index in [4.69, 9.17) is 0 Å². The fraction of sp³-hybridized carbons (Fsp3) is 0.100. The predicted octanol–water partition coefficient (Wildman–Crippen LogP) is 6.03. The van der Waals surface area contributed by atoms with Gasteiger partial charge in [0.25, 0.3) is 5.24 Å². The summed E-state index contributed by atoms with van der Waals surface area (Å²) in [6.45, 7) is 0. The van der Waals surface area contributed by atoms with Crippen LogP contribution in [0, 0.1) is 5.82 Å². The maximum atomic E-state index is 14.3. The van der Waals surface area contributed by atoms with Gasteiger partial charge in [-0.25, -0.2) is 4.39 Å². The van der Waals surface area contributed by atoms with Crippen molar-refractivity contribution in [3.63, 3.8) is 0 Å². The van der Waals surface area contributed by atoms with Crippen LogP contribution in [0.4, 0.5) is 9.18 Å². The Morgan fingerprint density at radius 2 is 1.85 bits per heavy atom. The van der Waals surface area contributed by atoms with Crippen molar-refractivity contribution >= 4 is 49.4 Å². The van der Waals surface area contributed by atoms with Crippen LogP contribution in [0.15, 0.2) is 59.6 Å². The van der Waals surface area contributed by atoms with Crippen molar-refractivity contribution in [2.45, 2.75) is 4.90 Å². The molecule has 0 atom stereocenters. The number of benzene rings is 3. The minimum atomic E-state index is -0.251. The number of amides is 1. The van der Waals surface area contributed by atoms with Gasteiger partial charge in [-0.1, -0.05) is 36.4 Å². The third-order valence-corrected chi connectivity index (χ3v) is 6.12. The third-order valence-electron chi connectivity index (χ3n) is 4.19. The van der Waals surface area contributed by atoms with Crippen molar-refractivity contribution in [1.29, 1.82) is 0 Å². The molecular formula is C20H15FN2OS2. The Balaban J connectivity index is 2.03. The van der Waals surface area contributed by atoms with E-state index in [9.17, 15) is 9.18 Å². The Morgan fingerprint density at radius 3 is 2.62 bits per heavy atom. The van der Waals surface area contributed by atoms with Crippen LogP contribution in [0.25, 0.3) is 32.0 Å². The van der Waals surface area contributed by atoms with E-state index in [0.29, 0.717) is 5.39 Å². The molecule has 0 aliphatic carbocycles. The van der Waals surface area contributed by atoms with E-state index in [-0.39, 0.29) is 11.1 Å². The minimum Gasteiger partial charge on any atom is -0.339 e. The standard InChI is InChI=1S/C20H15FN2OS2/c1-23(2)20(24)25-17-10-7-12-11-22-26-19(12)18(17)15-8-9-16(21)14-6-4-3-5-13(14)15/h3-11H,1-2H3.